The van der Waals surface area contributed by atoms with E-state index >= 15 is 0 Å². The number of nitrogen functional groups attached to an aromatic ring is 1. The first-order valence-corrected chi connectivity index (χ1v) is 5.61. The molecule has 0 aliphatic rings. The standard InChI is InChI=1S/C8H13N3O2S/c1-2-11(14(10,12)13)8-5-3-4-7(9)6-8/h3-6H,2,9H2,1H3,(H2,10,12,13). The third-order valence-corrected chi connectivity index (χ3v) is 2.84. The first-order valence-electron chi connectivity index (χ1n) is 4.11. The Morgan fingerprint density at radius 1 is 1.43 bits per heavy atom. The Labute approximate surface area is 83.5 Å². The second-order valence-electron chi connectivity index (χ2n) is 2.80. The van der Waals surface area contributed by atoms with Gasteiger partial charge in [-0.25, -0.2) is 5.14 Å². The molecule has 78 valence electrons. The highest BCUT2D eigenvalue weighted by Crippen LogP contribution is 2.18. The zero-order valence-corrected chi connectivity index (χ0v) is 8.66. The Morgan fingerprint density at radius 3 is 2.50 bits per heavy atom. The molecular formula is C8H13N3O2S. The Morgan fingerprint density at radius 2 is 2.07 bits per heavy atom. The van der Waals surface area contributed by atoms with Crippen LogP contribution in [0, 0.1) is 0 Å². The van der Waals surface area contributed by atoms with E-state index in [-0.39, 0.29) is 6.54 Å². The zero-order valence-electron chi connectivity index (χ0n) is 7.84. The molecule has 6 heteroatoms. The fourth-order valence-electron chi connectivity index (χ4n) is 1.19. The minimum Gasteiger partial charge on any atom is -0.399 e. The largest absolute Gasteiger partial charge is 0.399 e. The summed E-state index contributed by atoms with van der Waals surface area (Å²) in [6.07, 6.45) is 0. The van der Waals surface area contributed by atoms with Crippen LogP contribution < -0.4 is 15.2 Å². The summed E-state index contributed by atoms with van der Waals surface area (Å²) in [5, 5.41) is 5.03. The van der Waals surface area contributed by atoms with Crippen LogP contribution in [0.5, 0.6) is 0 Å². The predicted octanol–water partition coefficient (Wildman–Crippen LogP) is 0.299. The second-order valence-corrected chi connectivity index (χ2v) is 4.28. The van der Waals surface area contributed by atoms with Gasteiger partial charge in [0.2, 0.25) is 0 Å². The number of benzene rings is 1. The monoisotopic (exact) mass is 215 g/mol. The smallest absolute Gasteiger partial charge is 0.298 e. The van der Waals surface area contributed by atoms with Gasteiger partial charge in [0.15, 0.2) is 0 Å². The molecule has 0 bridgehead atoms. The van der Waals surface area contributed by atoms with Gasteiger partial charge in [0, 0.05) is 12.2 Å². The van der Waals surface area contributed by atoms with Gasteiger partial charge in [0.1, 0.15) is 0 Å². The molecular weight excluding hydrogens is 202 g/mol. The number of nitrogens with two attached hydrogens (primary N) is 2. The van der Waals surface area contributed by atoms with Crippen molar-refractivity contribution in [1.29, 1.82) is 0 Å². The van der Waals surface area contributed by atoms with Crippen molar-refractivity contribution >= 4 is 21.6 Å². The van der Waals surface area contributed by atoms with Crippen molar-refractivity contribution in [2.45, 2.75) is 6.92 Å². The molecule has 0 spiro atoms. The van der Waals surface area contributed by atoms with Crippen LogP contribution in [0.3, 0.4) is 0 Å². The molecule has 0 heterocycles. The van der Waals surface area contributed by atoms with Gasteiger partial charge >= 0.3 is 0 Å². The van der Waals surface area contributed by atoms with Crippen LogP contribution in [0.25, 0.3) is 0 Å². The maximum Gasteiger partial charge on any atom is 0.298 e. The van der Waals surface area contributed by atoms with Crippen LogP contribution in [0.4, 0.5) is 11.4 Å². The summed E-state index contributed by atoms with van der Waals surface area (Å²) >= 11 is 0. The van der Waals surface area contributed by atoms with Gasteiger partial charge in [-0.2, -0.15) is 8.42 Å². The molecule has 0 atom stereocenters. The summed E-state index contributed by atoms with van der Waals surface area (Å²) in [5.74, 6) is 0. The summed E-state index contributed by atoms with van der Waals surface area (Å²) in [5.41, 5.74) is 6.52. The Hall–Kier alpha value is -1.27. The van der Waals surface area contributed by atoms with E-state index < -0.39 is 10.2 Å². The molecule has 0 aliphatic heterocycles. The van der Waals surface area contributed by atoms with E-state index in [9.17, 15) is 8.42 Å². The number of hydrogen-bond donors (Lipinski definition) is 2. The van der Waals surface area contributed by atoms with Gasteiger partial charge < -0.3 is 5.73 Å². The lowest BCUT2D eigenvalue weighted by Crippen LogP contribution is -2.36. The maximum absolute atomic E-state index is 11.1. The van der Waals surface area contributed by atoms with E-state index in [1.807, 2.05) is 0 Å². The van der Waals surface area contributed by atoms with Crippen LogP contribution in [0.15, 0.2) is 24.3 Å². The molecule has 1 aromatic rings. The van der Waals surface area contributed by atoms with E-state index in [1.165, 1.54) is 0 Å². The third-order valence-electron chi connectivity index (χ3n) is 1.75. The van der Waals surface area contributed by atoms with E-state index in [4.69, 9.17) is 10.9 Å². The quantitative estimate of drug-likeness (QED) is 0.710. The highest BCUT2D eigenvalue weighted by atomic mass is 32.2. The molecule has 0 unspecified atom stereocenters. The molecule has 14 heavy (non-hydrogen) atoms. The van der Waals surface area contributed by atoms with Gasteiger partial charge in [0.05, 0.1) is 5.69 Å². The number of anilines is 2. The normalized spacial score (nSPS) is 11.3. The minimum absolute atomic E-state index is 0.280. The molecule has 0 fully saturated rings. The van der Waals surface area contributed by atoms with Crippen LogP contribution in [0.2, 0.25) is 0 Å². The van der Waals surface area contributed by atoms with Crippen molar-refractivity contribution in [3.05, 3.63) is 24.3 Å². The topological polar surface area (TPSA) is 89.4 Å². The van der Waals surface area contributed by atoms with Gasteiger partial charge in [-0.1, -0.05) is 6.07 Å². The average molecular weight is 215 g/mol. The first kappa shape index (κ1) is 10.8. The molecule has 4 N–H and O–H groups in total. The summed E-state index contributed by atoms with van der Waals surface area (Å²) < 4.78 is 23.4. The fraction of sp³-hybridized carbons (Fsp3) is 0.250. The van der Waals surface area contributed by atoms with Crippen molar-refractivity contribution in [3.8, 4) is 0 Å². The Kier molecular flexibility index (Phi) is 2.97. The Bertz CT molecular complexity index is 416. The van der Waals surface area contributed by atoms with Crippen molar-refractivity contribution in [3.63, 3.8) is 0 Å². The zero-order chi connectivity index (χ0) is 10.8. The van der Waals surface area contributed by atoms with Gasteiger partial charge in [-0.3, -0.25) is 4.31 Å². The van der Waals surface area contributed by atoms with Crippen molar-refractivity contribution in [2.24, 2.45) is 5.14 Å². The third kappa shape index (κ3) is 2.36. The molecule has 0 saturated heterocycles. The molecule has 5 nitrogen and oxygen atoms in total. The highest BCUT2D eigenvalue weighted by molar-refractivity contribution is 7.90. The van der Waals surface area contributed by atoms with E-state index in [0.717, 1.165) is 4.31 Å². The highest BCUT2D eigenvalue weighted by Gasteiger charge is 2.15. The van der Waals surface area contributed by atoms with Crippen molar-refractivity contribution in [1.82, 2.24) is 0 Å². The van der Waals surface area contributed by atoms with Crippen molar-refractivity contribution < 1.29 is 8.42 Å². The molecule has 0 radical (unpaired) electrons. The first-order chi connectivity index (χ1) is 6.45. The number of hydrogen-bond acceptors (Lipinski definition) is 3. The summed E-state index contributed by atoms with van der Waals surface area (Å²) in [6.45, 7) is 1.98. The fourth-order valence-corrected chi connectivity index (χ4v) is 1.96. The van der Waals surface area contributed by atoms with Gasteiger partial charge in [0.25, 0.3) is 10.2 Å². The lowest BCUT2D eigenvalue weighted by Gasteiger charge is -2.19. The summed E-state index contributed by atoms with van der Waals surface area (Å²) in [4.78, 5) is 0. The van der Waals surface area contributed by atoms with Crippen molar-refractivity contribution in [2.75, 3.05) is 16.6 Å². The van der Waals surface area contributed by atoms with Crippen LogP contribution in [-0.2, 0) is 10.2 Å². The molecule has 1 rings (SSSR count). The second kappa shape index (κ2) is 3.85. The van der Waals surface area contributed by atoms with Crippen LogP contribution >= 0.6 is 0 Å². The lowest BCUT2D eigenvalue weighted by molar-refractivity contribution is 0.593. The SMILES string of the molecule is CCN(c1cccc(N)c1)S(N)(=O)=O. The van der Waals surface area contributed by atoms with Gasteiger partial charge in [-0.05, 0) is 25.1 Å². The van der Waals surface area contributed by atoms with E-state index in [1.54, 1.807) is 31.2 Å². The number of nitrogens with zero attached hydrogens (tertiary/aromatic N) is 1. The van der Waals surface area contributed by atoms with Crippen LogP contribution in [-0.4, -0.2) is 15.0 Å². The summed E-state index contributed by atoms with van der Waals surface area (Å²) in [7, 11) is -3.71. The van der Waals surface area contributed by atoms with Crippen LogP contribution in [0.1, 0.15) is 6.92 Å². The molecule has 0 aliphatic carbocycles. The number of rotatable bonds is 3. The van der Waals surface area contributed by atoms with Gasteiger partial charge in [-0.15, -0.1) is 0 Å². The lowest BCUT2D eigenvalue weighted by atomic mass is 10.3. The molecule has 0 saturated carbocycles. The van der Waals surface area contributed by atoms with E-state index in [2.05, 4.69) is 0 Å². The minimum atomic E-state index is -3.71. The summed E-state index contributed by atoms with van der Waals surface area (Å²) in [6, 6.07) is 6.57. The Balaban J connectivity index is 3.14. The van der Waals surface area contributed by atoms with E-state index in [0.29, 0.717) is 11.4 Å². The average Bonchev–Trinajstić information content (AvgIpc) is 2.02. The molecule has 0 amide bonds. The maximum atomic E-state index is 11.1. The molecule has 1 aromatic carbocycles. The predicted molar refractivity (Wildman–Crippen MR) is 57.0 cm³/mol. The molecule has 0 aromatic heterocycles.